The molecule has 1 aliphatic heterocycles. The van der Waals surface area contributed by atoms with Gasteiger partial charge in [-0.1, -0.05) is 19.9 Å². The first-order valence-corrected chi connectivity index (χ1v) is 8.06. The van der Waals surface area contributed by atoms with Crippen molar-refractivity contribution in [1.82, 2.24) is 5.32 Å². The van der Waals surface area contributed by atoms with Crippen molar-refractivity contribution in [2.75, 3.05) is 11.5 Å². The van der Waals surface area contributed by atoms with Gasteiger partial charge in [0.2, 0.25) is 0 Å². The molecule has 3 nitrogen and oxygen atoms in total. The third-order valence-corrected chi connectivity index (χ3v) is 5.77. The van der Waals surface area contributed by atoms with E-state index >= 15 is 0 Å². The molecule has 5 heteroatoms. The Bertz CT molecular complexity index is 417. The highest BCUT2D eigenvalue weighted by Crippen LogP contribution is 2.39. The summed E-state index contributed by atoms with van der Waals surface area (Å²) >= 11 is 3.39. The molecule has 18 heavy (non-hydrogen) atoms. The number of carboxylic acids is 1. The summed E-state index contributed by atoms with van der Waals surface area (Å²) < 4.78 is 0. The zero-order valence-corrected chi connectivity index (χ0v) is 12.4. The van der Waals surface area contributed by atoms with Gasteiger partial charge in [-0.25, -0.2) is 0 Å². The predicted octanol–water partition coefficient (Wildman–Crippen LogP) is 2.82. The number of hydrogen-bond acceptors (Lipinski definition) is 4. The van der Waals surface area contributed by atoms with Gasteiger partial charge in [0, 0.05) is 17.2 Å². The zero-order chi connectivity index (χ0) is 13.2. The molecule has 0 spiro atoms. The van der Waals surface area contributed by atoms with E-state index in [0.29, 0.717) is 18.7 Å². The van der Waals surface area contributed by atoms with Gasteiger partial charge in [-0.15, -0.1) is 11.3 Å². The van der Waals surface area contributed by atoms with E-state index in [9.17, 15) is 9.90 Å². The standard InChI is InChI=1S/C13H19NO2S2/c1-12(2)7-13(11(15)16,9-17-8-12)14-6-10-4-3-5-18-10/h3-5,14H,6-9H2,1-2H3,(H,15,16). The van der Waals surface area contributed by atoms with Crippen molar-refractivity contribution in [3.05, 3.63) is 22.4 Å². The van der Waals surface area contributed by atoms with Gasteiger partial charge in [-0.05, 0) is 29.0 Å². The Morgan fingerprint density at radius 1 is 1.50 bits per heavy atom. The first-order chi connectivity index (χ1) is 8.44. The molecule has 1 saturated heterocycles. The highest BCUT2D eigenvalue weighted by molar-refractivity contribution is 7.99. The minimum absolute atomic E-state index is 0.0732. The van der Waals surface area contributed by atoms with Crippen molar-refractivity contribution >= 4 is 29.1 Å². The van der Waals surface area contributed by atoms with Crippen LogP contribution in [0.1, 0.15) is 25.1 Å². The van der Waals surface area contributed by atoms with Gasteiger partial charge in [0.25, 0.3) is 0 Å². The van der Waals surface area contributed by atoms with Crippen molar-refractivity contribution in [3.8, 4) is 0 Å². The first kappa shape index (κ1) is 13.9. The van der Waals surface area contributed by atoms with Crippen LogP contribution in [0.25, 0.3) is 0 Å². The van der Waals surface area contributed by atoms with Crippen molar-refractivity contribution in [1.29, 1.82) is 0 Å². The molecule has 1 atom stereocenters. The van der Waals surface area contributed by atoms with Crippen LogP contribution in [-0.4, -0.2) is 28.1 Å². The molecule has 0 aromatic carbocycles. The molecule has 1 fully saturated rings. The number of carbonyl (C=O) groups is 1. The molecule has 0 bridgehead atoms. The summed E-state index contributed by atoms with van der Waals surface area (Å²) in [5.41, 5.74) is -0.708. The minimum Gasteiger partial charge on any atom is -0.480 e. The van der Waals surface area contributed by atoms with E-state index < -0.39 is 11.5 Å². The summed E-state index contributed by atoms with van der Waals surface area (Å²) in [6, 6.07) is 4.03. The Morgan fingerprint density at radius 2 is 2.28 bits per heavy atom. The van der Waals surface area contributed by atoms with Gasteiger partial charge < -0.3 is 5.11 Å². The van der Waals surface area contributed by atoms with Gasteiger partial charge >= 0.3 is 5.97 Å². The summed E-state index contributed by atoms with van der Waals surface area (Å²) in [4.78, 5) is 12.8. The maximum absolute atomic E-state index is 11.7. The van der Waals surface area contributed by atoms with E-state index in [0.717, 1.165) is 5.75 Å². The lowest BCUT2D eigenvalue weighted by molar-refractivity contribution is -0.145. The Balaban J connectivity index is 2.09. The minimum atomic E-state index is -0.781. The quantitative estimate of drug-likeness (QED) is 0.893. The largest absolute Gasteiger partial charge is 0.480 e. The molecule has 1 unspecified atom stereocenters. The van der Waals surface area contributed by atoms with Crippen LogP contribution in [0.3, 0.4) is 0 Å². The monoisotopic (exact) mass is 285 g/mol. The van der Waals surface area contributed by atoms with Crippen LogP contribution in [0.4, 0.5) is 0 Å². The molecular formula is C13H19NO2S2. The van der Waals surface area contributed by atoms with Crippen LogP contribution < -0.4 is 5.32 Å². The molecule has 0 amide bonds. The maximum Gasteiger partial charge on any atom is 0.324 e. The van der Waals surface area contributed by atoms with Crippen LogP contribution in [0.5, 0.6) is 0 Å². The Morgan fingerprint density at radius 3 is 2.83 bits per heavy atom. The molecule has 2 N–H and O–H groups in total. The average molecular weight is 285 g/mol. The number of rotatable bonds is 4. The van der Waals surface area contributed by atoms with E-state index in [1.54, 1.807) is 23.1 Å². The second-order valence-corrected chi connectivity index (χ2v) is 7.67. The highest BCUT2D eigenvalue weighted by atomic mass is 32.2. The van der Waals surface area contributed by atoms with E-state index in [2.05, 4.69) is 19.2 Å². The van der Waals surface area contributed by atoms with Gasteiger partial charge in [0.05, 0.1) is 0 Å². The summed E-state index contributed by atoms with van der Waals surface area (Å²) in [6.07, 6.45) is 0.688. The van der Waals surface area contributed by atoms with Gasteiger partial charge in [-0.2, -0.15) is 11.8 Å². The summed E-state index contributed by atoms with van der Waals surface area (Å²) in [5, 5.41) is 14.9. The van der Waals surface area contributed by atoms with Gasteiger partial charge in [0.15, 0.2) is 0 Å². The SMILES string of the molecule is CC1(C)CSCC(NCc2cccs2)(C(=O)O)C1. The predicted molar refractivity (Wildman–Crippen MR) is 77.2 cm³/mol. The summed E-state index contributed by atoms with van der Waals surface area (Å²) in [5.74, 6) is 0.958. The topological polar surface area (TPSA) is 49.3 Å². The maximum atomic E-state index is 11.7. The molecule has 0 aliphatic carbocycles. The molecular weight excluding hydrogens is 266 g/mol. The van der Waals surface area contributed by atoms with Crippen molar-refractivity contribution in [3.63, 3.8) is 0 Å². The van der Waals surface area contributed by atoms with Gasteiger partial charge in [-0.3, -0.25) is 10.1 Å². The third-order valence-electron chi connectivity index (χ3n) is 3.21. The van der Waals surface area contributed by atoms with Crippen LogP contribution in [0.2, 0.25) is 0 Å². The molecule has 1 aromatic rings. The van der Waals surface area contributed by atoms with Crippen LogP contribution in [-0.2, 0) is 11.3 Å². The lowest BCUT2D eigenvalue weighted by Gasteiger charge is -2.42. The van der Waals surface area contributed by atoms with E-state index in [1.165, 1.54) is 4.88 Å². The second-order valence-electron chi connectivity index (χ2n) is 5.65. The molecule has 1 aromatic heterocycles. The number of nitrogens with one attached hydrogen (secondary N) is 1. The number of hydrogen-bond donors (Lipinski definition) is 2. The van der Waals surface area contributed by atoms with E-state index in [-0.39, 0.29) is 5.41 Å². The van der Waals surface area contributed by atoms with Crippen molar-refractivity contribution in [2.45, 2.75) is 32.4 Å². The molecule has 100 valence electrons. The number of thioether (sulfide) groups is 1. The van der Waals surface area contributed by atoms with Crippen molar-refractivity contribution in [2.24, 2.45) is 5.41 Å². The van der Waals surface area contributed by atoms with E-state index in [1.807, 2.05) is 17.5 Å². The fourth-order valence-corrected chi connectivity index (χ4v) is 4.49. The molecule has 1 aliphatic rings. The Hall–Kier alpha value is -0.520. The Labute approximate surface area is 116 Å². The van der Waals surface area contributed by atoms with Crippen LogP contribution in [0, 0.1) is 5.41 Å². The summed E-state index contributed by atoms with van der Waals surface area (Å²) in [6.45, 7) is 4.92. The number of carboxylic acid groups (broad SMARTS) is 1. The fraction of sp³-hybridized carbons (Fsp3) is 0.615. The summed E-state index contributed by atoms with van der Waals surface area (Å²) in [7, 11) is 0. The van der Waals surface area contributed by atoms with Crippen LogP contribution in [0.15, 0.2) is 17.5 Å². The highest BCUT2D eigenvalue weighted by Gasteiger charge is 2.45. The second kappa shape index (κ2) is 5.23. The van der Waals surface area contributed by atoms with Crippen molar-refractivity contribution < 1.29 is 9.90 Å². The molecule has 0 radical (unpaired) electrons. The zero-order valence-electron chi connectivity index (χ0n) is 10.7. The molecule has 0 saturated carbocycles. The molecule has 2 rings (SSSR count). The first-order valence-electron chi connectivity index (χ1n) is 6.02. The van der Waals surface area contributed by atoms with E-state index in [4.69, 9.17) is 0 Å². The Kier molecular flexibility index (Phi) is 4.04. The average Bonchev–Trinajstić information content (AvgIpc) is 2.77. The lowest BCUT2D eigenvalue weighted by Crippen LogP contribution is -2.58. The smallest absolute Gasteiger partial charge is 0.324 e. The van der Waals surface area contributed by atoms with Gasteiger partial charge in [0.1, 0.15) is 5.54 Å². The number of thiophene rings is 1. The normalized spacial score (nSPS) is 27.0. The number of aliphatic carboxylic acids is 1. The molecule has 2 heterocycles. The van der Waals surface area contributed by atoms with Crippen LogP contribution >= 0.6 is 23.1 Å². The fourth-order valence-electron chi connectivity index (χ4n) is 2.42. The third kappa shape index (κ3) is 3.08. The lowest BCUT2D eigenvalue weighted by atomic mass is 9.79.